The molecule has 0 atom stereocenters. The molecule has 0 radical (unpaired) electrons. The number of nitro benzene ring substituents is 1. The summed E-state index contributed by atoms with van der Waals surface area (Å²) in [6.45, 7) is 1.07. The van der Waals surface area contributed by atoms with Crippen LogP contribution >= 0.6 is 11.6 Å². The molecule has 0 heterocycles. The summed E-state index contributed by atoms with van der Waals surface area (Å²) >= 11 is 5.81. The minimum Gasteiger partial charge on any atom is -0.506 e. The number of hydrogen-bond acceptors (Lipinski definition) is 4. The number of non-ortho nitro benzene ring substituents is 1. The summed E-state index contributed by atoms with van der Waals surface area (Å²) in [6.07, 6.45) is 0. The molecule has 0 fully saturated rings. The van der Waals surface area contributed by atoms with Gasteiger partial charge in [0, 0.05) is 25.2 Å². The highest BCUT2D eigenvalue weighted by molar-refractivity contribution is 6.32. The second kappa shape index (κ2) is 6.36. The van der Waals surface area contributed by atoms with Gasteiger partial charge in [-0.2, -0.15) is 0 Å². The average Bonchev–Trinajstić information content (AvgIpc) is 2.43. The van der Waals surface area contributed by atoms with Crippen molar-refractivity contribution in [3.05, 3.63) is 68.7 Å². The molecule has 0 spiro atoms. The molecule has 0 saturated heterocycles. The van der Waals surface area contributed by atoms with E-state index in [1.54, 1.807) is 18.2 Å². The van der Waals surface area contributed by atoms with Gasteiger partial charge in [0.25, 0.3) is 5.69 Å². The first-order valence-corrected chi connectivity index (χ1v) is 6.35. The Morgan fingerprint density at radius 2 is 1.85 bits per heavy atom. The van der Waals surface area contributed by atoms with Gasteiger partial charge in [-0.1, -0.05) is 29.8 Å². The Hall–Kier alpha value is -2.11. The van der Waals surface area contributed by atoms with Gasteiger partial charge in [0.1, 0.15) is 5.75 Å². The molecule has 0 bridgehead atoms. The third-order valence-electron chi connectivity index (χ3n) is 2.79. The van der Waals surface area contributed by atoms with Crippen LogP contribution in [-0.4, -0.2) is 10.0 Å². The van der Waals surface area contributed by atoms with Crippen LogP contribution in [0.5, 0.6) is 5.75 Å². The van der Waals surface area contributed by atoms with Crippen LogP contribution in [0.15, 0.2) is 42.5 Å². The Balaban J connectivity index is 1.94. The lowest BCUT2D eigenvalue weighted by molar-refractivity contribution is -0.384. The standard InChI is InChI=1S/C14H13ClN2O3/c15-13-7-11(4-5-14(13)18)9-16-8-10-2-1-3-12(6-10)17(19)20/h1-7,16,18H,8-9H2. The van der Waals surface area contributed by atoms with Crippen molar-refractivity contribution in [1.29, 1.82) is 0 Å². The van der Waals surface area contributed by atoms with Gasteiger partial charge in [-0.05, 0) is 23.3 Å². The average molecular weight is 293 g/mol. The first kappa shape index (κ1) is 14.3. The maximum atomic E-state index is 10.7. The lowest BCUT2D eigenvalue weighted by Gasteiger charge is -2.06. The van der Waals surface area contributed by atoms with Crippen LogP contribution in [0.3, 0.4) is 0 Å². The monoisotopic (exact) mass is 292 g/mol. The summed E-state index contributed by atoms with van der Waals surface area (Å²) in [5.41, 5.74) is 1.85. The largest absolute Gasteiger partial charge is 0.506 e. The number of phenolic OH excluding ortho intramolecular Hbond substituents is 1. The molecular weight excluding hydrogens is 280 g/mol. The predicted molar refractivity (Wildman–Crippen MR) is 76.8 cm³/mol. The molecule has 20 heavy (non-hydrogen) atoms. The molecule has 0 saturated carbocycles. The predicted octanol–water partition coefficient (Wildman–Crippen LogP) is 3.24. The van der Waals surface area contributed by atoms with Crippen molar-refractivity contribution >= 4 is 17.3 Å². The highest BCUT2D eigenvalue weighted by atomic mass is 35.5. The van der Waals surface area contributed by atoms with Gasteiger partial charge in [-0.3, -0.25) is 10.1 Å². The second-order valence-electron chi connectivity index (χ2n) is 4.32. The van der Waals surface area contributed by atoms with E-state index in [2.05, 4.69) is 5.32 Å². The number of hydrogen-bond donors (Lipinski definition) is 2. The van der Waals surface area contributed by atoms with Gasteiger partial charge in [0.05, 0.1) is 9.95 Å². The Morgan fingerprint density at radius 1 is 1.15 bits per heavy atom. The third kappa shape index (κ3) is 3.69. The number of rotatable bonds is 5. The first-order chi connectivity index (χ1) is 9.56. The van der Waals surface area contributed by atoms with Crippen LogP contribution in [0.25, 0.3) is 0 Å². The Bertz CT molecular complexity index is 632. The van der Waals surface area contributed by atoms with E-state index >= 15 is 0 Å². The van der Waals surface area contributed by atoms with E-state index in [1.165, 1.54) is 18.2 Å². The summed E-state index contributed by atoms with van der Waals surface area (Å²) in [5.74, 6) is 0.0501. The van der Waals surface area contributed by atoms with Gasteiger partial charge >= 0.3 is 0 Å². The molecule has 6 heteroatoms. The molecule has 0 aromatic heterocycles. The normalized spacial score (nSPS) is 10.4. The highest BCUT2D eigenvalue weighted by Gasteiger charge is 2.05. The Kier molecular flexibility index (Phi) is 4.55. The fourth-order valence-corrected chi connectivity index (χ4v) is 1.99. The van der Waals surface area contributed by atoms with Gasteiger partial charge < -0.3 is 10.4 Å². The van der Waals surface area contributed by atoms with Crippen LogP contribution in [-0.2, 0) is 13.1 Å². The molecule has 104 valence electrons. The summed E-state index contributed by atoms with van der Waals surface area (Å²) in [5, 5.41) is 23.5. The molecule has 2 aromatic carbocycles. The number of nitrogens with one attached hydrogen (secondary N) is 1. The van der Waals surface area contributed by atoms with Crippen molar-refractivity contribution in [1.82, 2.24) is 5.32 Å². The number of halogens is 1. The third-order valence-corrected chi connectivity index (χ3v) is 3.09. The van der Waals surface area contributed by atoms with Crippen molar-refractivity contribution in [2.45, 2.75) is 13.1 Å². The topological polar surface area (TPSA) is 75.4 Å². The quantitative estimate of drug-likeness (QED) is 0.655. The van der Waals surface area contributed by atoms with E-state index in [9.17, 15) is 15.2 Å². The van der Waals surface area contributed by atoms with E-state index in [0.29, 0.717) is 18.1 Å². The zero-order valence-corrected chi connectivity index (χ0v) is 11.3. The van der Waals surface area contributed by atoms with Crippen molar-refractivity contribution < 1.29 is 10.0 Å². The van der Waals surface area contributed by atoms with Crippen LogP contribution in [0, 0.1) is 10.1 Å². The molecule has 0 aliphatic carbocycles. The van der Waals surface area contributed by atoms with E-state index in [1.807, 2.05) is 6.07 Å². The minimum atomic E-state index is -0.413. The number of nitrogens with zero attached hydrogens (tertiary/aromatic N) is 1. The molecular formula is C14H13ClN2O3. The van der Waals surface area contributed by atoms with Gasteiger partial charge in [-0.15, -0.1) is 0 Å². The summed E-state index contributed by atoms with van der Waals surface area (Å²) in [4.78, 5) is 10.3. The molecule has 5 nitrogen and oxygen atoms in total. The number of nitro groups is 1. The maximum Gasteiger partial charge on any atom is 0.269 e. The lowest BCUT2D eigenvalue weighted by atomic mass is 10.2. The summed E-state index contributed by atoms with van der Waals surface area (Å²) in [7, 11) is 0. The van der Waals surface area contributed by atoms with E-state index in [-0.39, 0.29) is 11.4 Å². The van der Waals surface area contributed by atoms with E-state index in [0.717, 1.165) is 11.1 Å². The molecule has 0 aliphatic heterocycles. The van der Waals surface area contributed by atoms with E-state index in [4.69, 9.17) is 11.6 Å². The van der Waals surface area contributed by atoms with Crippen LogP contribution in [0.4, 0.5) is 5.69 Å². The minimum absolute atomic E-state index is 0.0501. The van der Waals surface area contributed by atoms with Gasteiger partial charge in [0.2, 0.25) is 0 Å². The second-order valence-corrected chi connectivity index (χ2v) is 4.72. The molecule has 2 N–H and O–H groups in total. The van der Waals surface area contributed by atoms with Crippen LogP contribution < -0.4 is 5.32 Å². The summed E-state index contributed by atoms with van der Waals surface area (Å²) in [6, 6.07) is 11.5. The number of phenols is 1. The lowest BCUT2D eigenvalue weighted by Crippen LogP contribution is -2.12. The zero-order valence-electron chi connectivity index (χ0n) is 10.5. The molecule has 0 amide bonds. The fourth-order valence-electron chi connectivity index (χ4n) is 1.79. The van der Waals surface area contributed by atoms with E-state index < -0.39 is 4.92 Å². The Labute approximate surface area is 121 Å². The highest BCUT2D eigenvalue weighted by Crippen LogP contribution is 2.23. The summed E-state index contributed by atoms with van der Waals surface area (Å²) < 4.78 is 0. The zero-order chi connectivity index (χ0) is 14.5. The molecule has 0 unspecified atom stereocenters. The fraction of sp³-hybridized carbons (Fsp3) is 0.143. The molecule has 2 aromatic rings. The first-order valence-electron chi connectivity index (χ1n) is 5.97. The van der Waals surface area contributed by atoms with Crippen LogP contribution in [0.2, 0.25) is 5.02 Å². The molecule has 2 rings (SSSR count). The van der Waals surface area contributed by atoms with Crippen LogP contribution in [0.1, 0.15) is 11.1 Å². The maximum absolute atomic E-state index is 10.7. The van der Waals surface area contributed by atoms with Gasteiger partial charge in [-0.25, -0.2) is 0 Å². The number of benzene rings is 2. The number of aromatic hydroxyl groups is 1. The van der Waals surface area contributed by atoms with Crippen molar-refractivity contribution in [3.8, 4) is 5.75 Å². The Morgan fingerprint density at radius 3 is 2.50 bits per heavy atom. The molecule has 0 aliphatic rings. The SMILES string of the molecule is O=[N+]([O-])c1cccc(CNCc2ccc(O)c(Cl)c2)c1. The van der Waals surface area contributed by atoms with Crippen molar-refractivity contribution in [2.75, 3.05) is 0 Å². The van der Waals surface area contributed by atoms with Crippen molar-refractivity contribution in [3.63, 3.8) is 0 Å². The van der Waals surface area contributed by atoms with Gasteiger partial charge in [0.15, 0.2) is 0 Å². The smallest absolute Gasteiger partial charge is 0.269 e. The van der Waals surface area contributed by atoms with Crippen molar-refractivity contribution in [2.24, 2.45) is 0 Å².